The van der Waals surface area contributed by atoms with Gasteiger partial charge < -0.3 is 5.32 Å². The summed E-state index contributed by atoms with van der Waals surface area (Å²) in [5.74, 6) is 0.994. The molecule has 1 aromatic rings. The summed E-state index contributed by atoms with van der Waals surface area (Å²) in [6, 6.07) is 8.11. The highest BCUT2D eigenvalue weighted by molar-refractivity contribution is 5.98. The van der Waals surface area contributed by atoms with Gasteiger partial charge in [0.25, 0.3) is 0 Å². The standard InChI is InChI=1S/C16H25NO/c1-5-14(11-17-4)16(18)15-8-6-13(7-9-15)10-12(2)3/h6-9,12,14,17H,5,10-11H2,1-4H3. The van der Waals surface area contributed by atoms with Crippen molar-refractivity contribution in [2.75, 3.05) is 13.6 Å². The molecule has 0 radical (unpaired) electrons. The van der Waals surface area contributed by atoms with Gasteiger partial charge in [0.15, 0.2) is 5.78 Å². The zero-order valence-corrected chi connectivity index (χ0v) is 12.0. The quantitative estimate of drug-likeness (QED) is 0.749. The maximum Gasteiger partial charge on any atom is 0.167 e. The molecule has 1 unspecified atom stereocenters. The summed E-state index contributed by atoms with van der Waals surface area (Å²) in [7, 11) is 1.89. The molecule has 0 saturated carbocycles. The highest BCUT2D eigenvalue weighted by atomic mass is 16.1. The van der Waals surface area contributed by atoms with Gasteiger partial charge in [-0.05, 0) is 31.4 Å². The van der Waals surface area contributed by atoms with Crippen molar-refractivity contribution in [1.29, 1.82) is 0 Å². The van der Waals surface area contributed by atoms with Crippen LogP contribution in [0.3, 0.4) is 0 Å². The Kier molecular flexibility index (Phi) is 6.06. The van der Waals surface area contributed by atoms with E-state index in [2.05, 4.69) is 38.2 Å². The summed E-state index contributed by atoms with van der Waals surface area (Å²) in [5, 5.41) is 3.09. The molecule has 0 heterocycles. The molecule has 1 rings (SSSR count). The molecule has 100 valence electrons. The summed E-state index contributed by atoms with van der Waals surface area (Å²) in [6.45, 7) is 7.23. The molecule has 0 aliphatic heterocycles. The lowest BCUT2D eigenvalue weighted by molar-refractivity contribution is 0.0916. The van der Waals surface area contributed by atoms with Gasteiger partial charge in [-0.1, -0.05) is 45.0 Å². The summed E-state index contributed by atoms with van der Waals surface area (Å²) >= 11 is 0. The van der Waals surface area contributed by atoms with Crippen LogP contribution in [0.2, 0.25) is 0 Å². The summed E-state index contributed by atoms with van der Waals surface area (Å²) in [4.78, 5) is 12.3. The average molecular weight is 247 g/mol. The minimum Gasteiger partial charge on any atom is -0.319 e. The Bertz CT molecular complexity index is 367. The molecule has 1 atom stereocenters. The molecule has 0 bridgehead atoms. The molecule has 1 N–H and O–H groups in total. The van der Waals surface area contributed by atoms with E-state index in [0.717, 1.165) is 24.9 Å². The number of carbonyl (C=O) groups excluding carboxylic acids is 1. The number of benzene rings is 1. The van der Waals surface area contributed by atoms with Gasteiger partial charge in [-0.15, -0.1) is 0 Å². The molecule has 0 fully saturated rings. The molecule has 0 saturated heterocycles. The predicted molar refractivity (Wildman–Crippen MR) is 77.0 cm³/mol. The van der Waals surface area contributed by atoms with Gasteiger partial charge in [0.1, 0.15) is 0 Å². The van der Waals surface area contributed by atoms with Gasteiger partial charge >= 0.3 is 0 Å². The van der Waals surface area contributed by atoms with Gasteiger partial charge in [-0.2, -0.15) is 0 Å². The predicted octanol–water partition coefficient (Wildman–Crippen LogP) is 3.31. The summed E-state index contributed by atoms with van der Waals surface area (Å²) in [5.41, 5.74) is 2.15. The number of carbonyl (C=O) groups is 1. The third-order valence-corrected chi connectivity index (χ3v) is 3.20. The number of Topliss-reactive ketones (excluding diaryl/α,β-unsaturated/α-hetero) is 1. The van der Waals surface area contributed by atoms with Crippen LogP contribution in [0.1, 0.15) is 43.1 Å². The van der Waals surface area contributed by atoms with Crippen LogP contribution < -0.4 is 5.32 Å². The van der Waals surface area contributed by atoms with Crippen LogP contribution in [0.5, 0.6) is 0 Å². The Balaban J connectivity index is 2.74. The second-order valence-electron chi connectivity index (χ2n) is 5.32. The Morgan fingerprint density at radius 3 is 2.28 bits per heavy atom. The number of ketones is 1. The van der Waals surface area contributed by atoms with E-state index in [0.29, 0.717) is 5.92 Å². The summed E-state index contributed by atoms with van der Waals surface area (Å²) < 4.78 is 0. The van der Waals surface area contributed by atoms with Crippen LogP contribution in [0.25, 0.3) is 0 Å². The van der Waals surface area contributed by atoms with Crippen molar-refractivity contribution in [3.63, 3.8) is 0 Å². The summed E-state index contributed by atoms with van der Waals surface area (Å²) in [6.07, 6.45) is 1.95. The largest absolute Gasteiger partial charge is 0.319 e. The fourth-order valence-electron chi connectivity index (χ4n) is 2.18. The fourth-order valence-corrected chi connectivity index (χ4v) is 2.18. The molecule has 0 amide bonds. The Hall–Kier alpha value is -1.15. The van der Waals surface area contributed by atoms with Crippen LogP contribution in [0.15, 0.2) is 24.3 Å². The maximum absolute atomic E-state index is 12.3. The minimum absolute atomic E-state index is 0.0888. The van der Waals surface area contributed by atoms with E-state index in [1.807, 2.05) is 19.2 Å². The second-order valence-corrected chi connectivity index (χ2v) is 5.32. The highest BCUT2D eigenvalue weighted by Crippen LogP contribution is 2.14. The zero-order chi connectivity index (χ0) is 13.5. The number of hydrogen-bond acceptors (Lipinski definition) is 2. The topological polar surface area (TPSA) is 29.1 Å². The van der Waals surface area contributed by atoms with Crippen molar-refractivity contribution in [2.24, 2.45) is 11.8 Å². The number of hydrogen-bond donors (Lipinski definition) is 1. The molecular weight excluding hydrogens is 222 g/mol. The van der Waals surface area contributed by atoms with E-state index in [1.165, 1.54) is 5.56 Å². The van der Waals surface area contributed by atoms with Crippen LogP contribution in [-0.2, 0) is 6.42 Å². The zero-order valence-electron chi connectivity index (χ0n) is 12.0. The molecule has 0 spiro atoms. The van der Waals surface area contributed by atoms with Crippen molar-refractivity contribution >= 4 is 5.78 Å². The smallest absolute Gasteiger partial charge is 0.167 e. The van der Waals surface area contributed by atoms with Gasteiger partial charge in [0, 0.05) is 18.0 Å². The molecule has 18 heavy (non-hydrogen) atoms. The Labute approximate surface area is 111 Å². The van der Waals surface area contributed by atoms with E-state index in [-0.39, 0.29) is 11.7 Å². The van der Waals surface area contributed by atoms with Crippen molar-refractivity contribution in [1.82, 2.24) is 5.32 Å². The molecule has 2 nitrogen and oxygen atoms in total. The van der Waals surface area contributed by atoms with Gasteiger partial charge in [-0.25, -0.2) is 0 Å². The first kappa shape index (κ1) is 14.9. The van der Waals surface area contributed by atoms with Crippen LogP contribution in [0, 0.1) is 11.8 Å². The van der Waals surface area contributed by atoms with Gasteiger partial charge in [-0.3, -0.25) is 4.79 Å². The van der Waals surface area contributed by atoms with Crippen molar-refractivity contribution in [3.05, 3.63) is 35.4 Å². The van der Waals surface area contributed by atoms with Gasteiger partial charge in [0.2, 0.25) is 0 Å². The van der Waals surface area contributed by atoms with Crippen LogP contribution in [0.4, 0.5) is 0 Å². The Morgan fingerprint density at radius 1 is 1.22 bits per heavy atom. The third kappa shape index (κ3) is 4.26. The normalized spacial score (nSPS) is 12.7. The first-order valence-electron chi connectivity index (χ1n) is 6.86. The maximum atomic E-state index is 12.3. The first-order valence-corrected chi connectivity index (χ1v) is 6.86. The molecule has 2 heteroatoms. The number of nitrogens with one attached hydrogen (secondary N) is 1. The van der Waals surface area contributed by atoms with E-state index in [9.17, 15) is 4.79 Å². The SMILES string of the molecule is CCC(CNC)C(=O)c1ccc(CC(C)C)cc1. The second kappa shape index (κ2) is 7.32. The highest BCUT2D eigenvalue weighted by Gasteiger charge is 2.17. The monoisotopic (exact) mass is 247 g/mol. The van der Waals surface area contributed by atoms with Crippen LogP contribution in [-0.4, -0.2) is 19.4 Å². The molecule has 1 aromatic carbocycles. The molecular formula is C16H25NO. The van der Waals surface area contributed by atoms with Crippen LogP contribution >= 0.6 is 0 Å². The lowest BCUT2D eigenvalue weighted by Crippen LogP contribution is -2.25. The fraction of sp³-hybridized carbons (Fsp3) is 0.562. The van der Waals surface area contributed by atoms with Crippen molar-refractivity contribution in [3.8, 4) is 0 Å². The molecule has 0 aliphatic carbocycles. The van der Waals surface area contributed by atoms with E-state index in [4.69, 9.17) is 0 Å². The van der Waals surface area contributed by atoms with E-state index in [1.54, 1.807) is 0 Å². The number of rotatable bonds is 7. The van der Waals surface area contributed by atoms with Gasteiger partial charge in [0.05, 0.1) is 0 Å². The lowest BCUT2D eigenvalue weighted by atomic mass is 9.93. The molecule has 0 aromatic heterocycles. The first-order chi connectivity index (χ1) is 8.58. The third-order valence-electron chi connectivity index (χ3n) is 3.20. The Morgan fingerprint density at radius 2 is 1.83 bits per heavy atom. The van der Waals surface area contributed by atoms with Crippen molar-refractivity contribution in [2.45, 2.75) is 33.6 Å². The molecule has 0 aliphatic rings. The van der Waals surface area contributed by atoms with E-state index >= 15 is 0 Å². The van der Waals surface area contributed by atoms with E-state index < -0.39 is 0 Å². The lowest BCUT2D eigenvalue weighted by Gasteiger charge is -2.13. The van der Waals surface area contributed by atoms with Crippen molar-refractivity contribution < 1.29 is 4.79 Å². The minimum atomic E-state index is 0.0888. The average Bonchev–Trinajstić information content (AvgIpc) is 2.35.